The van der Waals surface area contributed by atoms with E-state index in [9.17, 15) is 14.8 Å². The number of pyridine rings is 2. The average molecular weight is 741 g/mol. The number of aromatic nitrogens is 6. The predicted octanol–water partition coefficient (Wildman–Crippen LogP) is 5.42. The first kappa shape index (κ1) is 37.8. The van der Waals surface area contributed by atoms with Gasteiger partial charge < -0.3 is 30.5 Å². The van der Waals surface area contributed by atoms with Crippen molar-refractivity contribution in [3.63, 3.8) is 0 Å². The van der Waals surface area contributed by atoms with Gasteiger partial charge in [0.25, 0.3) is 11.1 Å². The van der Waals surface area contributed by atoms with Gasteiger partial charge in [-0.05, 0) is 54.8 Å². The Kier molecular flexibility index (Phi) is 11.5. The summed E-state index contributed by atoms with van der Waals surface area (Å²) in [7, 11) is 8.01. The lowest BCUT2D eigenvalue weighted by Gasteiger charge is -2.16. The van der Waals surface area contributed by atoms with Gasteiger partial charge in [0, 0.05) is 64.8 Å². The molecule has 0 fully saturated rings. The second-order valence-corrected chi connectivity index (χ2v) is 13.3. The molecule has 0 radical (unpaired) electrons. The van der Waals surface area contributed by atoms with Crippen LogP contribution in [0.4, 0.5) is 22.7 Å². The zero-order chi connectivity index (χ0) is 39.1. The second kappa shape index (κ2) is 16.8. The van der Waals surface area contributed by atoms with Crippen molar-refractivity contribution >= 4 is 44.8 Å². The first-order chi connectivity index (χ1) is 26.5. The largest absolute Gasteiger partial charge is 0.423 e. The monoisotopic (exact) mass is 740 g/mol. The minimum atomic E-state index is -0.536. The van der Waals surface area contributed by atoms with Gasteiger partial charge >= 0.3 is 0 Å². The maximum atomic E-state index is 12.8. The fourth-order valence-electron chi connectivity index (χ4n) is 5.92. The summed E-state index contributed by atoms with van der Waals surface area (Å²) in [6.07, 6.45) is 2.77. The standard InChI is InChI=1S/C24H25N5O2.C17H19N5O2/c1-17-23-21(25-14-18-9-11-20(12-10-18)28(2)3)13-22(30)29(24(23)27-16-26-17)31-15-19-7-5-4-6-8-19;1-11-16-14(8-15(23)22(24)17(16)20-10-19-11)18-9-12-4-6-13(7-5-12)21(2)3/h4-13,16,25H,14-15H2,1-3H3;4-8,10,18,24H,9H2,1-3H3. The summed E-state index contributed by atoms with van der Waals surface area (Å²) < 4.78 is 1.79. The average Bonchev–Trinajstić information content (AvgIpc) is 3.18. The number of hydrogen-bond donors (Lipinski definition) is 3. The molecule has 0 amide bonds. The van der Waals surface area contributed by atoms with Gasteiger partial charge in [-0.15, -0.1) is 9.46 Å². The van der Waals surface area contributed by atoms with E-state index in [0.717, 1.165) is 39.1 Å². The summed E-state index contributed by atoms with van der Waals surface area (Å²) in [5.74, 6) is 0. The molecule has 0 atom stereocenters. The molecular formula is C41H44N10O4. The van der Waals surface area contributed by atoms with Gasteiger partial charge in [0.2, 0.25) is 0 Å². The van der Waals surface area contributed by atoms with Gasteiger partial charge in [-0.25, -0.2) is 19.9 Å². The third kappa shape index (κ3) is 8.82. The van der Waals surface area contributed by atoms with Crippen LogP contribution in [0, 0.1) is 13.8 Å². The highest BCUT2D eigenvalue weighted by Crippen LogP contribution is 2.24. The maximum Gasteiger partial charge on any atom is 0.287 e. The van der Waals surface area contributed by atoms with E-state index in [2.05, 4.69) is 59.7 Å². The molecule has 0 unspecified atom stereocenters. The molecule has 3 N–H and O–H groups in total. The number of nitrogens with zero attached hydrogens (tertiary/aromatic N) is 8. The topological polar surface area (TPSA) is 156 Å². The number of nitrogens with one attached hydrogen (secondary N) is 2. The number of rotatable bonds is 11. The molecule has 0 aliphatic heterocycles. The predicted molar refractivity (Wildman–Crippen MR) is 217 cm³/mol. The molecule has 55 heavy (non-hydrogen) atoms. The van der Waals surface area contributed by atoms with Crippen molar-refractivity contribution in [3.8, 4) is 0 Å². The van der Waals surface area contributed by atoms with E-state index < -0.39 is 5.56 Å². The van der Waals surface area contributed by atoms with Crippen LogP contribution in [-0.2, 0) is 19.7 Å². The van der Waals surface area contributed by atoms with Crippen molar-refractivity contribution in [2.24, 2.45) is 0 Å². The molecule has 0 aliphatic carbocycles. The van der Waals surface area contributed by atoms with E-state index in [1.54, 1.807) is 0 Å². The lowest BCUT2D eigenvalue weighted by Crippen LogP contribution is -2.28. The fourth-order valence-corrected chi connectivity index (χ4v) is 5.92. The van der Waals surface area contributed by atoms with Crippen LogP contribution in [0.1, 0.15) is 28.1 Å². The molecule has 0 saturated heterocycles. The zero-order valence-electron chi connectivity index (χ0n) is 31.7. The highest BCUT2D eigenvalue weighted by Gasteiger charge is 2.15. The molecule has 0 aliphatic rings. The number of anilines is 4. The molecule has 3 aromatic carbocycles. The molecule has 4 aromatic heterocycles. The Hall–Kier alpha value is -6.96. The lowest BCUT2D eigenvalue weighted by atomic mass is 10.1. The number of aryl methyl sites for hydroxylation is 2. The summed E-state index contributed by atoms with van der Waals surface area (Å²) in [6, 6.07) is 29.0. The zero-order valence-corrected chi connectivity index (χ0v) is 31.7. The first-order valence-electron chi connectivity index (χ1n) is 17.6. The fraction of sp³-hybridized carbons (Fsp3) is 0.220. The van der Waals surface area contributed by atoms with Crippen LogP contribution in [-0.4, -0.2) is 62.8 Å². The summed E-state index contributed by atoms with van der Waals surface area (Å²) >= 11 is 0. The van der Waals surface area contributed by atoms with Crippen molar-refractivity contribution in [2.75, 3.05) is 48.6 Å². The van der Waals surface area contributed by atoms with Crippen LogP contribution < -0.4 is 36.4 Å². The third-order valence-corrected chi connectivity index (χ3v) is 8.98. The van der Waals surface area contributed by atoms with E-state index in [-0.39, 0.29) is 17.8 Å². The van der Waals surface area contributed by atoms with E-state index >= 15 is 0 Å². The Morgan fingerprint density at radius 1 is 0.618 bits per heavy atom. The molecule has 0 bridgehead atoms. The van der Waals surface area contributed by atoms with Gasteiger partial charge in [0.1, 0.15) is 19.3 Å². The minimum absolute atomic E-state index is 0.195. The Balaban J connectivity index is 0.000000193. The molecule has 7 aromatic rings. The Morgan fingerprint density at radius 2 is 1.09 bits per heavy atom. The molecule has 0 saturated carbocycles. The Labute approximate surface area is 318 Å². The van der Waals surface area contributed by atoms with Crippen molar-refractivity contribution in [1.82, 2.24) is 29.4 Å². The highest BCUT2D eigenvalue weighted by atomic mass is 16.7. The molecule has 14 nitrogen and oxygen atoms in total. The van der Waals surface area contributed by atoms with Crippen LogP contribution in [0.2, 0.25) is 0 Å². The SMILES string of the molecule is Cc1ncnc2c1c(NCc1ccc(N(C)C)cc1)cc(=O)n2O.Cc1ncnc2c1c(NCc1ccc(N(C)C)cc1)cc(=O)n2OCc1ccccc1. The van der Waals surface area contributed by atoms with E-state index in [1.807, 2.05) is 102 Å². The second-order valence-electron chi connectivity index (χ2n) is 13.3. The number of benzene rings is 3. The van der Waals surface area contributed by atoms with Crippen molar-refractivity contribution in [3.05, 3.63) is 152 Å². The van der Waals surface area contributed by atoms with Crippen molar-refractivity contribution < 1.29 is 10.0 Å². The molecule has 282 valence electrons. The molecule has 7 rings (SSSR count). The van der Waals surface area contributed by atoms with E-state index in [4.69, 9.17) is 4.84 Å². The van der Waals surface area contributed by atoms with Crippen LogP contribution in [0.15, 0.2) is 113 Å². The van der Waals surface area contributed by atoms with Gasteiger partial charge in [0.15, 0.2) is 11.3 Å². The van der Waals surface area contributed by atoms with Gasteiger partial charge in [-0.3, -0.25) is 9.59 Å². The summed E-state index contributed by atoms with van der Waals surface area (Å²) in [5.41, 5.74) is 7.99. The normalized spacial score (nSPS) is 10.8. The Bertz CT molecular complexity index is 2520. The summed E-state index contributed by atoms with van der Waals surface area (Å²) in [4.78, 5) is 51.5. The highest BCUT2D eigenvalue weighted by molar-refractivity contribution is 5.91. The number of hydrogen-bond acceptors (Lipinski definition) is 12. The molecule has 0 spiro atoms. The van der Waals surface area contributed by atoms with E-state index in [1.165, 1.54) is 29.5 Å². The molecule has 14 heteroatoms. The smallest absolute Gasteiger partial charge is 0.287 e. The van der Waals surface area contributed by atoms with Crippen LogP contribution in [0.25, 0.3) is 22.1 Å². The van der Waals surface area contributed by atoms with Crippen molar-refractivity contribution in [2.45, 2.75) is 33.5 Å². The quantitative estimate of drug-likeness (QED) is 0.145. The number of fused-ring (bicyclic) bond motifs is 2. The third-order valence-electron chi connectivity index (χ3n) is 8.98. The molecular weight excluding hydrogens is 697 g/mol. The summed E-state index contributed by atoms with van der Waals surface area (Å²) in [5, 5.41) is 17.9. The van der Waals surface area contributed by atoms with Crippen LogP contribution in [0.3, 0.4) is 0 Å². The summed E-state index contributed by atoms with van der Waals surface area (Å²) in [6.45, 7) is 5.10. The van der Waals surface area contributed by atoms with Crippen LogP contribution in [0.5, 0.6) is 0 Å². The van der Waals surface area contributed by atoms with Crippen molar-refractivity contribution in [1.29, 1.82) is 0 Å². The minimum Gasteiger partial charge on any atom is -0.423 e. The molecule has 4 heterocycles. The first-order valence-corrected chi connectivity index (χ1v) is 17.6. The maximum absolute atomic E-state index is 12.8. The van der Waals surface area contributed by atoms with Gasteiger partial charge in [-0.1, -0.05) is 54.6 Å². The van der Waals surface area contributed by atoms with E-state index in [0.29, 0.717) is 45.9 Å². The van der Waals surface area contributed by atoms with Crippen LogP contribution >= 0.6 is 0 Å². The Morgan fingerprint density at radius 3 is 1.60 bits per heavy atom. The van der Waals surface area contributed by atoms with Gasteiger partial charge in [0.05, 0.1) is 33.5 Å². The lowest BCUT2D eigenvalue weighted by molar-refractivity contribution is 0.0979. The van der Waals surface area contributed by atoms with Gasteiger partial charge in [-0.2, -0.15) is 0 Å².